The van der Waals surface area contributed by atoms with Crippen LogP contribution in [-0.2, 0) is 20.7 Å². The molecular formula is C29H30N2O4. The summed E-state index contributed by atoms with van der Waals surface area (Å²) in [5.74, 6) is -0.503. The largest absolute Gasteiger partial charge is 0.459 e. The molecule has 6 nitrogen and oxygen atoms in total. The zero-order valence-electron chi connectivity index (χ0n) is 20.3. The van der Waals surface area contributed by atoms with Gasteiger partial charge in [0.2, 0.25) is 0 Å². The van der Waals surface area contributed by atoms with Gasteiger partial charge >= 0.3 is 12.1 Å². The van der Waals surface area contributed by atoms with Gasteiger partial charge in [0, 0.05) is 11.1 Å². The van der Waals surface area contributed by atoms with Gasteiger partial charge in [-0.1, -0.05) is 66.7 Å². The second kappa shape index (κ2) is 10.6. The van der Waals surface area contributed by atoms with E-state index in [4.69, 9.17) is 14.5 Å². The molecule has 0 heterocycles. The van der Waals surface area contributed by atoms with Crippen molar-refractivity contribution in [3.05, 3.63) is 101 Å². The monoisotopic (exact) mass is 470 g/mol. The number of alkyl carbamates (subject to hydrolysis) is 1. The summed E-state index contributed by atoms with van der Waals surface area (Å²) in [4.78, 5) is 29.1. The summed E-state index contributed by atoms with van der Waals surface area (Å²) in [5.41, 5.74) is 5.31. The molecule has 0 saturated heterocycles. The Morgan fingerprint density at radius 3 is 2.17 bits per heavy atom. The number of esters is 1. The summed E-state index contributed by atoms with van der Waals surface area (Å²) < 4.78 is 10.8. The summed E-state index contributed by atoms with van der Waals surface area (Å²) in [6.07, 6.45) is 0.483. The van der Waals surface area contributed by atoms with Crippen LogP contribution in [0.15, 0.2) is 83.9 Å². The van der Waals surface area contributed by atoms with Gasteiger partial charge in [-0.2, -0.15) is 0 Å². The fraction of sp³-hybridized carbons (Fsp3) is 0.276. The molecule has 3 aromatic carbocycles. The van der Waals surface area contributed by atoms with Crippen LogP contribution in [0.25, 0.3) is 0 Å². The van der Waals surface area contributed by atoms with Crippen LogP contribution in [-0.4, -0.2) is 29.9 Å². The lowest BCUT2D eigenvalue weighted by atomic mass is 10.0. The first kappa shape index (κ1) is 24.2. The molecule has 1 atom stereocenters. The van der Waals surface area contributed by atoms with Crippen LogP contribution in [0, 0.1) is 0 Å². The highest BCUT2D eigenvalue weighted by molar-refractivity contribution is 6.13. The van der Waals surface area contributed by atoms with Crippen molar-refractivity contribution in [2.45, 2.75) is 45.3 Å². The number of nitrogens with one attached hydrogen (secondary N) is 1. The van der Waals surface area contributed by atoms with Crippen LogP contribution >= 0.6 is 0 Å². The molecule has 0 bridgehead atoms. The van der Waals surface area contributed by atoms with E-state index in [1.807, 2.05) is 48.5 Å². The quantitative estimate of drug-likeness (QED) is 0.359. The van der Waals surface area contributed by atoms with Crippen molar-refractivity contribution < 1.29 is 19.1 Å². The van der Waals surface area contributed by atoms with E-state index in [2.05, 4.69) is 35.6 Å². The summed E-state index contributed by atoms with van der Waals surface area (Å²) in [6.45, 7) is 5.10. The maximum Gasteiger partial charge on any atom is 0.408 e. The molecule has 35 heavy (non-hydrogen) atoms. The highest BCUT2D eigenvalue weighted by Gasteiger charge is 2.26. The molecule has 0 unspecified atom stereocenters. The second-order valence-electron chi connectivity index (χ2n) is 9.45. The van der Waals surface area contributed by atoms with Crippen molar-refractivity contribution in [1.29, 1.82) is 0 Å². The number of carbonyl (C=O) groups excluding carboxylic acids is 2. The third kappa shape index (κ3) is 6.57. The lowest BCUT2D eigenvalue weighted by Crippen LogP contribution is -2.35. The van der Waals surface area contributed by atoms with Crippen molar-refractivity contribution in [3.63, 3.8) is 0 Å². The molecule has 0 fully saturated rings. The van der Waals surface area contributed by atoms with Gasteiger partial charge in [-0.3, -0.25) is 4.79 Å². The molecular weight excluding hydrogens is 440 g/mol. The molecule has 6 heteroatoms. The number of hydrogen-bond donors (Lipinski definition) is 1. The number of nitrogens with zero attached hydrogens (tertiary/aromatic N) is 1. The average Bonchev–Trinajstić information content (AvgIpc) is 3.23. The van der Waals surface area contributed by atoms with Crippen LogP contribution < -0.4 is 5.32 Å². The SMILES string of the molecule is CC(C)(C)OC(=O)CNC(=O)O[C@H]1CCc2cc(N=C(c3ccccc3)c3ccccc3)ccc21. The molecule has 0 radical (unpaired) electrons. The van der Waals surface area contributed by atoms with Gasteiger partial charge in [-0.05, 0) is 56.9 Å². The number of benzene rings is 3. The van der Waals surface area contributed by atoms with Crippen LogP contribution in [0.2, 0.25) is 0 Å². The molecule has 0 aromatic heterocycles. The molecule has 1 aliphatic carbocycles. The number of aliphatic imine (C=N–C) groups is 1. The smallest absolute Gasteiger partial charge is 0.408 e. The molecule has 1 amide bonds. The Morgan fingerprint density at radius 1 is 0.943 bits per heavy atom. The number of carbonyl (C=O) groups is 2. The predicted molar refractivity (Wildman–Crippen MR) is 136 cm³/mol. The van der Waals surface area contributed by atoms with Crippen LogP contribution in [0.1, 0.15) is 55.5 Å². The molecule has 0 aliphatic heterocycles. The minimum Gasteiger partial charge on any atom is -0.459 e. The number of fused-ring (bicyclic) bond motifs is 1. The van der Waals surface area contributed by atoms with Crippen LogP contribution in [0.3, 0.4) is 0 Å². The first-order valence-corrected chi connectivity index (χ1v) is 11.8. The zero-order valence-corrected chi connectivity index (χ0v) is 20.3. The fourth-order valence-electron chi connectivity index (χ4n) is 4.07. The highest BCUT2D eigenvalue weighted by Crippen LogP contribution is 2.36. The molecule has 1 aliphatic rings. The Kier molecular flexibility index (Phi) is 7.30. The normalized spacial score (nSPS) is 14.5. The van der Waals surface area contributed by atoms with Gasteiger partial charge in [0.05, 0.1) is 11.4 Å². The van der Waals surface area contributed by atoms with Crippen molar-refractivity contribution in [2.75, 3.05) is 6.54 Å². The lowest BCUT2D eigenvalue weighted by molar-refractivity contribution is -0.153. The Hall–Kier alpha value is -3.93. The third-order valence-electron chi connectivity index (χ3n) is 5.53. The number of ether oxygens (including phenoxy) is 2. The van der Waals surface area contributed by atoms with Crippen molar-refractivity contribution in [2.24, 2.45) is 4.99 Å². The number of amides is 1. The second-order valence-corrected chi connectivity index (χ2v) is 9.45. The average molecular weight is 471 g/mol. The Bertz CT molecular complexity index is 1170. The third-order valence-corrected chi connectivity index (χ3v) is 5.53. The van der Waals surface area contributed by atoms with Gasteiger partial charge < -0.3 is 14.8 Å². The van der Waals surface area contributed by atoms with Gasteiger partial charge in [-0.25, -0.2) is 9.79 Å². The summed E-state index contributed by atoms with van der Waals surface area (Å²) in [7, 11) is 0. The lowest BCUT2D eigenvalue weighted by Gasteiger charge is -2.20. The number of rotatable bonds is 6. The van der Waals surface area contributed by atoms with Gasteiger partial charge in [0.15, 0.2) is 0 Å². The molecule has 0 saturated carbocycles. The summed E-state index contributed by atoms with van der Waals surface area (Å²) in [5, 5.41) is 2.48. The molecule has 3 aromatic rings. The van der Waals surface area contributed by atoms with E-state index in [0.717, 1.165) is 40.1 Å². The van der Waals surface area contributed by atoms with Crippen molar-refractivity contribution in [3.8, 4) is 0 Å². The standard InChI is InChI=1S/C29H30N2O4/c1-29(2,3)35-26(32)19-30-28(33)34-25-17-14-22-18-23(15-16-24(22)25)31-27(20-10-6-4-7-11-20)21-12-8-5-9-13-21/h4-13,15-16,18,25H,14,17,19H2,1-3H3,(H,30,33)/t25-/m0/s1. The summed E-state index contributed by atoms with van der Waals surface area (Å²) >= 11 is 0. The Labute approximate surface area is 206 Å². The van der Waals surface area contributed by atoms with E-state index in [0.29, 0.717) is 6.42 Å². The fourth-order valence-corrected chi connectivity index (χ4v) is 4.07. The first-order chi connectivity index (χ1) is 16.8. The topological polar surface area (TPSA) is 77.0 Å². The highest BCUT2D eigenvalue weighted by atomic mass is 16.6. The van der Waals surface area contributed by atoms with E-state index in [-0.39, 0.29) is 12.6 Å². The van der Waals surface area contributed by atoms with E-state index < -0.39 is 17.7 Å². The van der Waals surface area contributed by atoms with E-state index in [1.165, 1.54) is 0 Å². The zero-order chi connectivity index (χ0) is 24.8. The van der Waals surface area contributed by atoms with Crippen LogP contribution in [0.4, 0.5) is 10.5 Å². The van der Waals surface area contributed by atoms with Gasteiger partial charge in [0.1, 0.15) is 18.2 Å². The minimum atomic E-state index is -0.633. The molecule has 180 valence electrons. The number of aryl methyl sites for hydroxylation is 1. The van der Waals surface area contributed by atoms with Crippen LogP contribution in [0.5, 0.6) is 0 Å². The van der Waals surface area contributed by atoms with E-state index >= 15 is 0 Å². The summed E-state index contributed by atoms with van der Waals surface area (Å²) in [6, 6.07) is 26.2. The minimum absolute atomic E-state index is 0.231. The number of hydrogen-bond acceptors (Lipinski definition) is 5. The molecule has 1 N–H and O–H groups in total. The first-order valence-electron chi connectivity index (χ1n) is 11.8. The van der Waals surface area contributed by atoms with E-state index in [9.17, 15) is 9.59 Å². The van der Waals surface area contributed by atoms with Crippen molar-refractivity contribution >= 4 is 23.5 Å². The Balaban J connectivity index is 1.47. The maximum absolute atomic E-state index is 12.2. The predicted octanol–water partition coefficient (Wildman–Crippen LogP) is 5.91. The molecule has 0 spiro atoms. The maximum atomic E-state index is 12.2. The van der Waals surface area contributed by atoms with Gasteiger partial charge in [0.25, 0.3) is 0 Å². The van der Waals surface area contributed by atoms with E-state index in [1.54, 1.807) is 20.8 Å². The molecule has 4 rings (SSSR count). The van der Waals surface area contributed by atoms with Gasteiger partial charge in [-0.15, -0.1) is 0 Å². The Morgan fingerprint density at radius 2 is 1.57 bits per heavy atom. The van der Waals surface area contributed by atoms with Crippen molar-refractivity contribution in [1.82, 2.24) is 5.32 Å².